The molecule has 2 aromatic heterocycles. The Bertz CT molecular complexity index is 514. The van der Waals surface area contributed by atoms with Crippen LogP contribution >= 0.6 is 0 Å². The third kappa shape index (κ3) is 2.02. The highest BCUT2D eigenvalue weighted by molar-refractivity contribution is 5.83. The maximum atomic E-state index is 5.67. The van der Waals surface area contributed by atoms with E-state index in [1.165, 1.54) is 32.1 Å². The first-order valence-corrected chi connectivity index (χ1v) is 6.06. The molecule has 2 heterocycles. The summed E-state index contributed by atoms with van der Waals surface area (Å²) in [7, 11) is 0. The van der Waals surface area contributed by atoms with Gasteiger partial charge in [0.2, 0.25) is 5.95 Å². The molecule has 4 N–H and O–H groups in total. The normalized spacial score (nSPS) is 17.4. The number of aromatic amines is 1. The molecule has 0 amide bonds. The monoisotopic (exact) mass is 232 g/mol. The first kappa shape index (κ1) is 10.3. The second kappa shape index (κ2) is 4.20. The predicted molar refractivity (Wildman–Crippen MR) is 66.6 cm³/mol. The first-order valence-electron chi connectivity index (χ1n) is 6.06. The minimum absolute atomic E-state index is 0.267. The lowest BCUT2D eigenvalue weighted by molar-refractivity contribution is 0.462. The van der Waals surface area contributed by atoms with Crippen LogP contribution in [0.1, 0.15) is 32.1 Å². The van der Waals surface area contributed by atoms with Crippen LogP contribution in [0.2, 0.25) is 0 Å². The third-order valence-corrected chi connectivity index (χ3v) is 3.25. The zero-order valence-corrected chi connectivity index (χ0v) is 9.61. The van der Waals surface area contributed by atoms with E-state index < -0.39 is 0 Å². The van der Waals surface area contributed by atoms with Gasteiger partial charge >= 0.3 is 0 Å². The zero-order chi connectivity index (χ0) is 11.7. The van der Waals surface area contributed by atoms with Crippen molar-refractivity contribution in [1.29, 1.82) is 0 Å². The van der Waals surface area contributed by atoms with Crippen LogP contribution in [0, 0.1) is 0 Å². The van der Waals surface area contributed by atoms with Gasteiger partial charge in [0, 0.05) is 6.04 Å². The van der Waals surface area contributed by atoms with Crippen LogP contribution in [-0.2, 0) is 0 Å². The van der Waals surface area contributed by atoms with Gasteiger partial charge in [-0.05, 0) is 12.8 Å². The van der Waals surface area contributed by atoms with Gasteiger partial charge in [-0.2, -0.15) is 9.97 Å². The van der Waals surface area contributed by atoms with Gasteiger partial charge in [-0.3, -0.25) is 0 Å². The smallest absolute Gasteiger partial charge is 0.224 e. The number of imidazole rings is 1. The topological polar surface area (TPSA) is 92.5 Å². The van der Waals surface area contributed by atoms with E-state index in [1.807, 2.05) is 0 Å². The fourth-order valence-corrected chi connectivity index (χ4v) is 2.39. The van der Waals surface area contributed by atoms with Gasteiger partial charge in [0.25, 0.3) is 0 Å². The van der Waals surface area contributed by atoms with Crippen molar-refractivity contribution >= 4 is 22.9 Å². The highest BCUT2D eigenvalue weighted by Crippen LogP contribution is 2.24. The summed E-state index contributed by atoms with van der Waals surface area (Å²) in [5.41, 5.74) is 7.13. The van der Waals surface area contributed by atoms with Crippen LogP contribution < -0.4 is 11.1 Å². The lowest BCUT2D eigenvalue weighted by Gasteiger charge is -2.23. The molecular formula is C11H16N6. The molecule has 6 nitrogen and oxygen atoms in total. The number of aromatic nitrogens is 4. The van der Waals surface area contributed by atoms with Crippen LogP contribution in [0.5, 0.6) is 0 Å². The van der Waals surface area contributed by atoms with E-state index in [0.717, 1.165) is 11.3 Å². The number of anilines is 2. The third-order valence-electron chi connectivity index (χ3n) is 3.25. The molecule has 1 fully saturated rings. The molecule has 3 rings (SSSR count). The molecule has 1 saturated carbocycles. The van der Waals surface area contributed by atoms with E-state index in [1.54, 1.807) is 6.33 Å². The minimum atomic E-state index is 0.267. The van der Waals surface area contributed by atoms with Gasteiger partial charge in [0.1, 0.15) is 5.52 Å². The van der Waals surface area contributed by atoms with Gasteiger partial charge in [-0.15, -0.1) is 0 Å². The number of rotatable bonds is 2. The van der Waals surface area contributed by atoms with Gasteiger partial charge in [0.15, 0.2) is 11.5 Å². The summed E-state index contributed by atoms with van der Waals surface area (Å²) in [4.78, 5) is 15.5. The molecule has 0 unspecified atom stereocenters. The summed E-state index contributed by atoms with van der Waals surface area (Å²) in [6.45, 7) is 0. The zero-order valence-electron chi connectivity index (χ0n) is 9.61. The molecule has 0 saturated heterocycles. The molecule has 0 spiro atoms. The van der Waals surface area contributed by atoms with E-state index in [0.29, 0.717) is 11.7 Å². The number of hydrogen-bond acceptors (Lipinski definition) is 5. The average Bonchev–Trinajstić information content (AvgIpc) is 2.78. The lowest BCUT2D eigenvalue weighted by Crippen LogP contribution is -2.23. The van der Waals surface area contributed by atoms with Crippen LogP contribution in [0.3, 0.4) is 0 Å². The molecule has 0 aliphatic heterocycles. The fraction of sp³-hybridized carbons (Fsp3) is 0.545. The van der Waals surface area contributed by atoms with Crippen molar-refractivity contribution in [2.24, 2.45) is 0 Å². The number of nitrogens with one attached hydrogen (secondary N) is 2. The van der Waals surface area contributed by atoms with Crippen molar-refractivity contribution in [2.75, 3.05) is 11.1 Å². The van der Waals surface area contributed by atoms with E-state index >= 15 is 0 Å². The number of nitrogens with two attached hydrogens (primary N) is 1. The fourth-order valence-electron chi connectivity index (χ4n) is 2.39. The largest absolute Gasteiger partial charge is 0.368 e. The molecule has 0 atom stereocenters. The Morgan fingerprint density at radius 3 is 2.88 bits per heavy atom. The van der Waals surface area contributed by atoms with Crippen molar-refractivity contribution in [3.8, 4) is 0 Å². The number of H-pyrrole nitrogens is 1. The molecule has 0 aromatic carbocycles. The summed E-state index contributed by atoms with van der Waals surface area (Å²) in [6, 6.07) is 0.490. The quantitative estimate of drug-likeness (QED) is 0.732. The van der Waals surface area contributed by atoms with Crippen LogP contribution in [0.25, 0.3) is 11.2 Å². The number of nitrogen functional groups attached to an aromatic ring is 1. The van der Waals surface area contributed by atoms with Gasteiger partial charge in [-0.25, -0.2) is 4.98 Å². The molecular weight excluding hydrogens is 216 g/mol. The Morgan fingerprint density at radius 1 is 1.24 bits per heavy atom. The van der Waals surface area contributed by atoms with E-state index in [2.05, 4.69) is 25.3 Å². The molecule has 1 aliphatic rings. The van der Waals surface area contributed by atoms with E-state index in [4.69, 9.17) is 5.73 Å². The minimum Gasteiger partial charge on any atom is -0.368 e. The Labute approximate surface area is 99.1 Å². The molecule has 2 aromatic rings. The summed E-state index contributed by atoms with van der Waals surface area (Å²) in [5.74, 6) is 1.04. The Balaban J connectivity index is 1.90. The Hall–Kier alpha value is -1.85. The maximum Gasteiger partial charge on any atom is 0.224 e. The van der Waals surface area contributed by atoms with Crippen LogP contribution in [0.4, 0.5) is 11.8 Å². The first-order chi connectivity index (χ1) is 8.33. The number of fused-ring (bicyclic) bond motifs is 1. The molecule has 0 bridgehead atoms. The number of hydrogen-bond donors (Lipinski definition) is 3. The average molecular weight is 232 g/mol. The van der Waals surface area contributed by atoms with E-state index in [-0.39, 0.29) is 5.95 Å². The van der Waals surface area contributed by atoms with Crippen LogP contribution in [0.15, 0.2) is 6.33 Å². The highest BCUT2D eigenvalue weighted by Gasteiger charge is 2.16. The maximum absolute atomic E-state index is 5.67. The van der Waals surface area contributed by atoms with Crippen molar-refractivity contribution in [3.63, 3.8) is 0 Å². The highest BCUT2D eigenvalue weighted by atomic mass is 15.1. The van der Waals surface area contributed by atoms with Crippen LogP contribution in [-0.4, -0.2) is 26.0 Å². The second-order valence-corrected chi connectivity index (χ2v) is 4.51. The molecule has 0 radical (unpaired) electrons. The SMILES string of the molecule is Nc1nc(NC2CCCCC2)c2[nH]cnc2n1. The van der Waals surface area contributed by atoms with Gasteiger partial charge in [-0.1, -0.05) is 19.3 Å². The predicted octanol–water partition coefficient (Wildman–Crippen LogP) is 1.68. The Kier molecular flexibility index (Phi) is 2.55. The summed E-state index contributed by atoms with van der Waals surface area (Å²) >= 11 is 0. The van der Waals surface area contributed by atoms with Crippen molar-refractivity contribution in [3.05, 3.63) is 6.33 Å². The van der Waals surface area contributed by atoms with E-state index in [9.17, 15) is 0 Å². The summed E-state index contributed by atoms with van der Waals surface area (Å²) in [5, 5.41) is 3.45. The second-order valence-electron chi connectivity index (χ2n) is 4.51. The van der Waals surface area contributed by atoms with Gasteiger partial charge < -0.3 is 16.0 Å². The summed E-state index contributed by atoms with van der Waals surface area (Å²) in [6.07, 6.45) is 7.90. The molecule has 90 valence electrons. The lowest BCUT2D eigenvalue weighted by atomic mass is 9.95. The van der Waals surface area contributed by atoms with Crippen molar-refractivity contribution in [1.82, 2.24) is 19.9 Å². The standard InChI is InChI=1S/C11H16N6/c12-11-16-9-8(13-6-14-9)10(17-11)15-7-4-2-1-3-5-7/h6-7H,1-5H2,(H4,12,13,14,15,16,17). The molecule has 1 aliphatic carbocycles. The molecule has 6 heteroatoms. The van der Waals surface area contributed by atoms with Crippen molar-refractivity contribution in [2.45, 2.75) is 38.1 Å². The van der Waals surface area contributed by atoms with Gasteiger partial charge in [0.05, 0.1) is 6.33 Å². The Morgan fingerprint density at radius 2 is 2.06 bits per heavy atom. The number of nitrogens with zero attached hydrogens (tertiary/aromatic N) is 3. The summed E-state index contributed by atoms with van der Waals surface area (Å²) < 4.78 is 0. The molecule has 17 heavy (non-hydrogen) atoms. The van der Waals surface area contributed by atoms with Crippen molar-refractivity contribution < 1.29 is 0 Å².